The van der Waals surface area contributed by atoms with Crippen LogP contribution in [0.3, 0.4) is 0 Å². The molecule has 0 bridgehead atoms. The van der Waals surface area contributed by atoms with Gasteiger partial charge in [0.2, 0.25) is 5.91 Å². The number of carbonyl (C=O) groups is 2. The second kappa shape index (κ2) is 6.23. The third-order valence-electron chi connectivity index (χ3n) is 2.55. The topological polar surface area (TPSA) is 101 Å². The molecule has 0 aromatic heterocycles. The second-order valence-electron chi connectivity index (χ2n) is 4.08. The number of nitrogens with one attached hydrogen (secondary N) is 1. The highest BCUT2D eigenvalue weighted by molar-refractivity contribution is 9.11. The number of hydrogen-bond donors (Lipinski definition) is 2. The van der Waals surface area contributed by atoms with Gasteiger partial charge in [0.1, 0.15) is 5.25 Å². The Bertz CT molecular complexity index is 672. The monoisotopic (exact) mass is 427 g/mol. The molecular weight excluding hydrogens is 418 g/mol. The largest absolute Gasteiger partial charge is 0.478 e. The fraction of sp³-hybridized carbons (Fsp3) is 0.273. The highest BCUT2D eigenvalue weighted by Gasteiger charge is 2.26. The normalized spacial score (nSPS) is 12.8. The molecule has 0 radical (unpaired) electrons. The van der Waals surface area contributed by atoms with Gasteiger partial charge in [-0.25, -0.2) is 13.2 Å². The predicted molar refractivity (Wildman–Crippen MR) is 81.7 cm³/mol. The second-order valence-corrected chi connectivity index (χ2v) is 8.21. The van der Waals surface area contributed by atoms with Crippen molar-refractivity contribution in [3.63, 3.8) is 0 Å². The molecule has 1 aromatic carbocycles. The average molecular weight is 429 g/mol. The van der Waals surface area contributed by atoms with Crippen LogP contribution in [-0.2, 0) is 14.6 Å². The van der Waals surface area contributed by atoms with Crippen molar-refractivity contribution in [3.8, 4) is 0 Å². The molecule has 9 heteroatoms. The number of rotatable bonds is 4. The summed E-state index contributed by atoms with van der Waals surface area (Å²) >= 11 is 6.28. The molecule has 1 rings (SSSR count). The summed E-state index contributed by atoms with van der Waals surface area (Å²) in [5, 5.41) is 10.2. The third-order valence-corrected chi connectivity index (χ3v) is 5.13. The van der Waals surface area contributed by atoms with E-state index in [1.165, 1.54) is 13.0 Å². The van der Waals surface area contributed by atoms with Crippen molar-refractivity contribution in [2.24, 2.45) is 0 Å². The first-order valence-electron chi connectivity index (χ1n) is 5.26. The minimum Gasteiger partial charge on any atom is -0.478 e. The summed E-state index contributed by atoms with van der Waals surface area (Å²) in [5.41, 5.74) is -0.137. The molecule has 0 saturated carbocycles. The number of hydrogen-bond acceptors (Lipinski definition) is 4. The van der Waals surface area contributed by atoms with E-state index in [1.807, 2.05) is 0 Å². The Balaban J connectivity index is 3.22. The van der Waals surface area contributed by atoms with Crippen molar-refractivity contribution in [3.05, 3.63) is 26.6 Å². The number of aromatic carboxylic acids is 1. The zero-order chi connectivity index (χ0) is 15.7. The lowest BCUT2D eigenvalue weighted by Crippen LogP contribution is -2.32. The van der Waals surface area contributed by atoms with Gasteiger partial charge in [0.25, 0.3) is 0 Å². The van der Waals surface area contributed by atoms with Crippen molar-refractivity contribution in [1.29, 1.82) is 0 Å². The number of carbonyl (C=O) groups excluding carboxylic acids is 1. The molecule has 1 unspecified atom stereocenters. The fourth-order valence-corrected chi connectivity index (χ4v) is 3.06. The lowest BCUT2D eigenvalue weighted by atomic mass is 10.1. The molecule has 1 amide bonds. The maximum absolute atomic E-state index is 11.9. The first kappa shape index (κ1) is 17.1. The average Bonchev–Trinajstić information content (AvgIpc) is 2.29. The van der Waals surface area contributed by atoms with Gasteiger partial charge in [0.05, 0.1) is 11.3 Å². The molecule has 0 heterocycles. The van der Waals surface area contributed by atoms with Crippen LogP contribution in [0, 0.1) is 0 Å². The number of benzene rings is 1. The highest BCUT2D eigenvalue weighted by Crippen LogP contribution is 2.31. The molecule has 110 valence electrons. The summed E-state index contributed by atoms with van der Waals surface area (Å²) in [5.74, 6) is -2.03. The van der Waals surface area contributed by atoms with Gasteiger partial charge in [-0.15, -0.1) is 0 Å². The molecule has 6 nitrogen and oxygen atoms in total. The van der Waals surface area contributed by atoms with Gasteiger partial charge < -0.3 is 10.4 Å². The van der Waals surface area contributed by atoms with Crippen molar-refractivity contribution in [2.45, 2.75) is 12.2 Å². The molecule has 0 saturated heterocycles. The van der Waals surface area contributed by atoms with Crippen LogP contribution in [0.25, 0.3) is 0 Å². The van der Waals surface area contributed by atoms with E-state index < -0.39 is 27.0 Å². The van der Waals surface area contributed by atoms with Crippen molar-refractivity contribution >= 4 is 59.3 Å². The minimum atomic E-state index is -3.56. The molecule has 0 aliphatic carbocycles. The van der Waals surface area contributed by atoms with E-state index in [0.717, 1.165) is 6.26 Å². The quantitative estimate of drug-likeness (QED) is 0.766. The number of anilines is 1. The van der Waals surface area contributed by atoms with Crippen molar-refractivity contribution < 1.29 is 23.1 Å². The molecule has 0 spiro atoms. The first-order chi connectivity index (χ1) is 9.04. The van der Waals surface area contributed by atoms with E-state index in [4.69, 9.17) is 5.11 Å². The smallest absolute Gasteiger partial charge is 0.337 e. The zero-order valence-corrected chi connectivity index (χ0v) is 14.5. The molecule has 0 aliphatic heterocycles. The summed E-state index contributed by atoms with van der Waals surface area (Å²) < 4.78 is 23.5. The molecule has 1 atom stereocenters. The van der Waals surface area contributed by atoms with Crippen LogP contribution in [0.5, 0.6) is 0 Å². The molecule has 20 heavy (non-hydrogen) atoms. The van der Waals surface area contributed by atoms with Crippen LogP contribution < -0.4 is 5.32 Å². The number of sulfone groups is 1. The summed E-state index contributed by atoms with van der Waals surface area (Å²) in [4.78, 5) is 23.0. The maximum atomic E-state index is 11.9. The van der Waals surface area contributed by atoms with E-state index in [9.17, 15) is 18.0 Å². The van der Waals surface area contributed by atoms with Gasteiger partial charge in [0, 0.05) is 15.2 Å². The molecule has 2 N–H and O–H groups in total. The van der Waals surface area contributed by atoms with E-state index in [0.29, 0.717) is 8.95 Å². The molecule has 0 aliphatic rings. The SMILES string of the molecule is CC(C(=O)Nc1c(Br)cc(Br)cc1C(=O)O)S(C)(=O)=O. The van der Waals surface area contributed by atoms with Gasteiger partial charge in [-0.1, -0.05) is 15.9 Å². The Labute approximate surface area is 132 Å². The Morgan fingerprint density at radius 1 is 1.30 bits per heavy atom. The van der Waals surface area contributed by atoms with E-state index in [1.54, 1.807) is 6.07 Å². The predicted octanol–water partition coefficient (Wildman–Crippen LogP) is 2.28. The Morgan fingerprint density at radius 2 is 1.85 bits per heavy atom. The van der Waals surface area contributed by atoms with E-state index in [2.05, 4.69) is 37.2 Å². The number of halogens is 2. The standard InChI is InChI=1S/C11H11Br2NO5S/c1-5(20(2,18)19)10(15)14-9-7(11(16)17)3-6(12)4-8(9)13/h3-5H,1-2H3,(H,14,15)(H,16,17). The summed E-state index contributed by atoms with van der Waals surface area (Å²) in [6, 6.07) is 2.86. The van der Waals surface area contributed by atoms with Crippen LogP contribution in [0.1, 0.15) is 17.3 Å². The lowest BCUT2D eigenvalue weighted by Gasteiger charge is -2.14. The molecular formula is C11H11Br2NO5S. The Hall–Kier alpha value is -0.930. The Morgan fingerprint density at radius 3 is 2.30 bits per heavy atom. The first-order valence-corrected chi connectivity index (χ1v) is 8.80. The summed E-state index contributed by atoms with van der Waals surface area (Å²) in [6.07, 6.45) is 0.936. The summed E-state index contributed by atoms with van der Waals surface area (Å²) in [6.45, 7) is 1.23. The van der Waals surface area contributed by atoms with Gasteiger partial charge >= 0.3 is 5.97 Å². The van der Waals surface area contributed by atoms with Gasteiger partial charge in [-0.3, -0.25) is 4.79 Å². The Kier molecular flexibility index (Phi) is 5.33. The van der Waals surface area contributed by atoms with Crippen LogP contribution >= 0.6 is 31.9 Å². The third kappa shape index (κ3) is 4.03. The van der Waals surface area contributed by atoms with Crippen molar-refractivity contribution in [2.75, 3.05) is 11.6 Å². The van der Waals surface area contributed by atoms with Gasteiger partial charge in [0.15, 0.2) is 9.84 Å². The number of amides is 1. The highest BCUT2D eigenvalue weighted by atomic mass is 79.9. The number of carboxylic acid groups (broad SMARTS) is 1. The van der Waals surface area contributed by atoms with Crippen LogP contribution in [0.2, 0.25) is 0 Å². The lowest BCUT2D eigenvalue weighted by molar-refractivity contribution is -0.115. The molecule has 0 fully saturated rings. The van der Waals surface area contributed by atoms with Crippen molar-refractivity contribution in [1.82, 2.24) is 0 Å². The minimum absolute atomic E-state index is 0.0150. The van der Waals surface area contributed by atoms with E-state index >= 15 is 0 Å². The van der Waals surface area contributed by atoms with Gasteiger partial charge in [-0.05, 0) is 35.0 Å². The van der Waals surface area contributed by atoms with Crippen LogP contribution in [0.15, 0.2) is 21.1 Å². The zero-order valence-electron chi connectivity index (χ0n) is 10.5. The van der Waals surface area contributed by atoms with Crippen LogP contribution in [-0.4, -0.2) is 36.9 Å². The molecule has 1 aromatic rings. The maximum Gasteiger partial charge on any atom is 0.337 e. The summed E-state index contributed by atoms with van der Waals surface area (Å²) in [7, 11) is -3.56. The van der Waals surface area contributed by atoms with Crippen LogP contribution in [0.4, 0.5) is 5.69 Å². The van der Waals surface area contributed by atoms with E-state index in [-0.39, 0.29) is 11.3 Å². The fourth-order valence-electron chi connectivity index (χ4n) is 1.29. The number of carboxylic acids is 1. The van der Waals surface area contributed by atoms with Gasteiger partial charge in [-0.2, -0.15) is 0 Å².